The van der Waals surface area contributed by atoms with Crippen LogP contribution in [0.3, 0.4) is 0 Å². The largest absolute Gasteiger partial charge is 0.341 e. The van der Waals surface area contributed by atoms with E-state index in [9.17, 15) is 30.8 Å². The molecule has 122 valence electrons. The fourth-order valence-corrected chi connectivity index (χ4v) is 2.45. The number of nitrogens with one attached hydrogen (secondary N) is 1. The minimum absolute atomic E-state index is 0.0668. The second kappa shape index (κ2) is 6.37. The summed E-state index contributed by atoms with van der Waals surface area (Å²) in [5.74, 6) is -6.13. The molecular weight excluding hydrogens is 338 g/mol. The van der Waals surface area contributed by atoms with Gasteiger partial charge in [0.1, 0.15) is 11.6 Å². The van der Waals surface area contributed by atoms with Gasteiger partial charge in [-0.2, -0.15) is 8.78 Å². The lowest BCUT2D eigenvalue weighted by molar-refractivity contribution is 0.102. The van der Waals surface area contributed by atoms with E-state index in [2.05, 4.69) is 5.32 Å². The average Bonchev–Trinajstić information content (AvgIpc) is 2.46. The summed E-state index contributed by atoms with van der Waals surface area (Å²) >= 11 is 0. The minimum atomic E-state index is -4.75. The first-order chi connectivity index (χ1) is 10.7. The molecule has 0 bridgehead atoms. The van der Waals surface area contributed by atoms with E-state index in [0.717, 1.165) is 36.4 Å². The molecule has 0 spiro atoms. The summed E-state index contributed by atoms with van der Waals surface area (Å²) in [5.41, 5.74) is -0.209. The highest BCUT2D eigenvalue weighted by atomic mass is 32.2. The molecule has 0 aliphatic rings. The summed E-state index contributed by atoms with van der Waals surface area (Å²) in [6.45, 7) is 0. The predicted molar refractivity (Wildman–Crippen MR) is 73.9 cm³/mol. The zero-order valence-corrected chi connectivity index (χ0v) is 12.1. The molecule has 0 radical (unpaired) electrons. The van der Waals surface area contributed by atoms with Crippen LogP contribution in [0, 0.1) is 11.6 Å². The molecule has 0 aliphatic heterocycles. The Labute approximate surface area is 128 Å². The monoisotopic (exact) mass is 347 g/mol. The third-order valence-corrected chi connectivity index (χ3v) is 4.20. The first kappa shape index (κ1) is 16.9. The van der Waals surface area contributed by atoms with Crippen molar-refractivity contribution < 1.29 is 30.8 Å². The number of rotatable bonds is 4. The standard InChI is InChI=1S/C14H9F4NO3S/c15-9-5-10(16)7-11(6-9)19-13(20)8-1-3-12(4-2-8)23(21,22)14(17)18/h1-7,14H,(H,19,20). The van der Waals surface area contributed by atoms with Gasteiger partial charge in [-0.3, -0.25) is 4.79 Å². The number of amides is 1. The molecule has 2 aromatic rings. The molecule has 2 rings (SSSR count). The van der Waals surface area contributed by atoms with Gasteiger partial charge in [0.15, 0.2) is 0 Å². The lowest BCUT2D eigenvalue weighted by atomic mass is 10.2. The van der Waals surface area contributed by atoms with Gasteiger partial charge >= 0.3 is 5.76 Å². The molecule has 0 unspecified atom stereocenters. The van der Waals surface area contributed by atoms with Gasteiger partial charge in [-0.05, 0) is 36.4 Å². The van der Waals surface area contributed by atoms with Gasteiger partial charge in [-0.15, -0.1) is 0 Å². The maximum absolute atomic E-state index is 13.0. The number of alkyl halides is 2. The van der Waals surface area contributed by atoms with Crippen molar-refractivity contribution in [2.75, 3.05) is 5.32 Å². The van der Waals surface area contributed by atoms with Crippen LogP contribution in [0.2, 0.25) is 0 Å². The smallest absolute Gasteiger partial charge is 0.322 e. The normalized spacial score (nSPS) is 11.5. The number of hydrogen-bond acceptors (Lipinski definition) is 3. The van der Waals surface area contributed by atoms with E-state index < -0.39 is 38.0 Å². The van der Waals surface area contributed by atoms with Crippen molar-refractivity contribution in [1.82, 2.24) is 0 Å². The van der Waals surface area contributed by atoms with Crippen LogP contribution in [0.4, 0.5) is 23.2 Å². The van der Waals surface area contributed by atoms with Crippen LogP contribution in [0.25, 0.3) is 0 Å². The molecule has 0 aliphatic carbocycles. The number of benzene rings is 2. The molecule has 9 heteroatoms. The minimum Gasteiger partial charge on any atom is -0.322 e. The molecule has 1 amide bonds. The molecule has 4 nitrogen and oxygen atoms in total. The Morgan fingerprint density at radius 3 is 1.96 bits per heavy atom. The van der Waals surface area contributed by atoms with Crippen molar-refractivity contribution in [3.8, 4) is 0 Å². The topological polar surface area (TPSA) is 63.2 Å². The molecule has 1 N–H and O–H groups in total. The second-order valence-corrected chi connectivity index (χ2v) is 6.36. The predicted octanol–water partition coefficient (Wildman–Crippen LogP) is 3.21. The maximum Gasteiger partial charge on any atom is 0.341 e. The molecule has 0 fully saturated rings. The fourth-order valence-electron chi connectivity index (χ4n) is 1.73. The Hall–Kier alpha value is -2.42. The van der Waals surface area contributed by atoms with Crippen LogP contribution in [-0.2, 0) is 9.84 Å². The number of sulfone groups is 1. The average molecular weight is 347 g/mol. The molecule has 0 atom stereocenters. The van der Waals surface area contributed by atoms with Crippen molar-refractivity contribution in [2.24, 2.45) is 0 Å². The van der Waals surface area contributed by atoms with E-state index in [1.807, 2.05) is 0 Å². The van der Waals surface area contributed by atoms with Crippen molar-refractivity contribution >= 4 is 21.4 Å². The van der Waals surface area contributed by atoms with E-state index in [1.165, 1.54) is 0 Å². The molecule has 2 aromatic carbocycles. The zero-order chi connectivity index (χ0) is 17.2. The van der Waals surface area contributed by atoms with Crippen LogP contribution in [0.1, 0.15) is 10.4 Å². The highest BCUT2D eigenvalue weighted by molar-refractivity contribution is 7.91. The molecule has 0 saturated carbocycles. The summed E-state index contributed by atoms with van der Waals surface area (Å²) in [5, 5.41) is 2.20. The molecule has 0 saturated heterocycles. The molecule has 0 aromatic heterocycles. The number of hydrogen-bond donors (Lipinski definition) is 1. The Morgan fingerprint density at radius 1 is 0.957 bits per heavy atom. The number of carbonyl (C=O) groups excluding carboxylic acids is 1. The highest BCUT2D eigenvalue weighted by Crippen LogP contribution is 2.19. The van der Waals surface area contributed by atoms with Gasteiger partial charge in [0.2, 0.25) is 9.84 Å². The van der Waals surface area contributed by atoms with E-state index in [1.54, 1.807) is 0 Å². The lowest BCUT2D eigenvalue weighted by Gasteiger charge is -2.07. The van der Waals surface area contributed by atoms with E-state index in [-0.39, 0.29) is 11.3 Å². The summed E-state index contributed by atoms with van der Waals surface area (Å²) in [6.07, 6.45) is 0. The van der Waals surface area contributed by atoms with Gasteiger partial charge < -0.3 is 5.32 Å². The summed E-state index contributed by atoms with van der Waals surface area (Å²) in [7, 11) is -4.75. The van der Waals surface area contributed by atoms with Crippen molar-refractivity contribution in [3.63, 3.8) is 0 Å². The molecule has 23 heavy (non-hydrogen) atoms. The van der Waals surface area contributed by atoms with E-state index >= 15 is 0 Å². The van der Waals surface area contributed by atoms with Gasteiger partial charge in [0, 0.05) is 17.3 Å². The number of halogens is 4. The summed E-state index contributed by atoms with van der Waals surface area (Å²) < 4.78 is 73.3. The fraction of sp³-hybridized carbons (Fsp3) is 0.0714. The van der Waals surface area contributed by atoms with Crippen molar-refractivity contribution in [1.29, 1.82) is 0 Å². The van der Waals surface area contributed by atoms with Crippen LogP contribution in [-0.4, -0.2) is 20.1 Å². The van der Waals surface area contributed by atoms with Gasteiger partial charge in [0.05, 0.1) is 4.90 Å². The third-order valence-electron chi connectivity index (χ3n) is 2.80. The maximum atomic E-state index is 13.0. The second-order valence-electron chi connectivity index (χ2n) is 4.44. The van der Waals surface area contributed by atoms with Crippen LogP contribution in [0.15, 0.2) is 47.4 Å². The van der Waals surface area contributed by atoms with E-state index in [4.69, 9.17) is 0 Å². The SMILES string of the molecule is O=C(Nc1cc(F)cc(F)c1)c1ccc(S(=O)(=O)C(F)F)cc1. The molecular formula is C14H9F4NO3S. The van der Waals surface area contributed by atoms with Crippen LogP contribution < -0.4 is 5.32 Å². The summed E-state index contributed by atoms with van der Waals surface area (Å²) in [4.78, 5) is 11.2. The van der Waals surface area contributed by atoms with Crippen LogP contribution >= 0.6 is 0 Å². The van der Waals surface area contributed by atoms with Crippen molar-refractivity contribution in [2.45, 2.75) is 10.7 Å². The molecule has 0 heterocycles. The quantitative estimate of drug-likeness (QED) is 0.864. The van der Waals surface area contributed by atoms with E-state index in [0.29, 0.717) is 6.07 Å². The Bertz CT molecular complexity index is 815. The first-order valence-corrected chi connectivity index (χ1v) is 7.64. The highest BCUT2D eigenvalue weighted by Gasteiger charge is 2.26. The first-order valence-electron chi connectivity index (χ1n) is 6.10. The Kier molecular flexibility index (Phi) is 4.69. The Morgan fingerprint density at radius 2 is 1.48 bits per heavy atom. The van der Waals surface area contributed by atoms with Gasteiger partial charge in [-0.25, -0.2) is 17.2 Å². The number of anilines is 1. The zero-order valence-electron chi connectivity index (χ0n) is 11.3. The Balaban J connectivity index is 2.21. The van der Waals surface area contributed by atoms with Crippen LogP contribution in [0.5, 0.6) is 0 Å². The lowest BCUT2D eigenvalue weighted by Crippen LogP contribution is -2.14. The van der Waals surface area contributed by atoms with Gasteiger partial charge in [0.25, 0.3) is 5.91 Å². The summed E-state index contributed by atoms with van der Waals surface area (Å²) in [6, 6.07) is 6.12. The van der Waals surface area contributed by atoms with Crippen molar-refractivity contribution in [3.05, 3.63) is 59.7 Å². The van der Waals surface area contributed by atoms with Gasteiger partial charge in [-0.1, -0.05) is 0 Å². The number of carbonyl (C=O) groups is 1. The third kappa shape index (κ3) is 3.86.